The van der Waals surface area contributed by atoms with Gasteiger partial charge in [-0.15, -0.1) is 21.7 Å². The van der Waals surface area contributed by atoms with Gasteiger partial charge in [0.15, 0.2) is 16.4 Å². The maximum Gasteiger partial charge on any atom is 0.232 e. The molecule has 1 amide bonds. The van der Waals surface area contributed by atoms with E-state index in [1.54, 1.807) is 19.2 Å². The highest BCUT2D eigenvalue weighted by Gasteiger charge is 2.52. The molecule has 186 valence electrons. The second-order valence-corrected chi connectivity index (χ2v) is 11.3. The summed E-state index contributed by atoms with van der Waals surface area (Å²) in [4.78, 5) is 22.5. The molecule has 4 aromatic heterocycles. The molecule has 4 heterocycles. The van der Waals surface area contributed by atoms with E-state index in [-0.39, 0.29) is 22.3 Å². The third-order valence-corrected chi connectivity index (χ3v) is 8.66. The third-order valence-electron chi connectivity index (χ3n) is 7.38. The lowest BCUT2D eigenvalue weighted by Crippen LogP contribution is -2.34. The normalized spacial score (nSPS) is 19.8. The van der Waals surface area contributed by atoms with E-state index in [0.717, 1.165) is 48.3 Å². The van der Waals surface area contributed by atoms with Crippen LogP contribution >= 0.6 is 23.4 Å². The van der Waals surface area contributed by atoms with Crippen molar-refractivity contribution in [3.05, 3.63) is 58.4 Å². The molecule has 0 aromatic carbocycles. The van der Waals surface area contributed by atoms with Crippen LogP contribution < -0.4 is 5.32 Å². The first-order valence-electron chi connectivity index (χ1n) is 11.7. The smallest absolute Gasteiger partial charge is 0.232 e. The number of aromatic nitrogens is 7. The Morgan fingerprint density at radius 2 is 2.06 bits per heavy atom. The zero-order chi connectivity index (χ0) is 25.2. The monoisotopic (exact) mass is 524 g/mol. The number of nitrogens with zero attached hydrogens (tertiary/aromatic N) is 7. The van der Waals surface area contributed by atoms with Gasteiger partial charge in [-0.2, -0.15) is 10.2 Å². The van der Waals surface area contributed by atoms with Gasteiger partial charge in [-0.25, -0.2) is 14.5 Å². The predicted molar refractivity (Wildman–Crippen MR) is 136 cm³/mol. The van der Waals surface area contributed by atoms with Crippen molar-refractivity contribution in [3.63, 3.8) is 0 Å². The fraction of sp³-hybridized carbons (Fsp3) is 0.417. The highest BCUT2D eigenvalue weighted by molar-refractivity contribution is 7.99. The molecule has 12 heteroatoms. The summed E-state index contributed by atoms with van der Waals surface area (Å²) in [5.41, 5.74) is 4.64. The Bertz CT molecular complexity index is 1510. The second kappa shape index (κ2) is 8.25. The van der Waals surface area contributed by atoms with Crippen LogP contribution in [-0.2, 0) is 15.1 Å². The van der Waals surface area contributed by atoms with Crippen LogP contribution in [-0.4, -0.2) is 51.8 Å². The number of thioether (sulfide) groups is 1. The number of rotatable bonds is 5. The summed E-state index contributed by atoms with van der Waals surface area (Å²) in [5, 5.41) is 26.8. The van der Waals surface area contributed by atoms with Gasteiger partial charge in [-0.3, -0.25) is 4.79 Å². The summed E-state index contributed by atoms with van der Waals surface area (Å²) in [7, 11) is 0. The minimum atomic E-state index is -1.18. The quantitative estimate of drug-likeness (QED) is 0.378. The zero-order valence-corrected chi connectivity index (χ0v) is 21.6. The van der Waals surface area contributed by atoms with Crippen LogP contribution in [0.4, 0.5) is 5.69 Å². The van der Waals surface area contributed by atoms with Crippen LogP contribution in [0.2, 0.25) is 5.02 Å². The first kappa shape index (κ1) is 23.4. The standard InChI is InChI=1S/C24H25ClN8O2S/c1-13-7-19-26-11-16-15(9-24(5-4-6-24)20(16)32(19)30-13)22(34)29-14-8-17(25)21(27-10-14)33-28-12-18(31-33)23(2,35)36-3/h7-8,10-12,15,35H,4-6,9H2,1-3H3,(H,29,34)/t15-,23+/m0/s1. The Morgan fingerprint density at radius 3 is 2.75 bits per heavy atom. The number of carbonyl (C=O) groups is 1. The maximum absolute atomic E-state index is 13.5. The van der Waals surface area contributed by atoms with Gasteiger partial charge in [0.25, 0.3) is 0 Å². The van der Waals surface area contributed by atoms with Crippen molar-refractivity contribution in [3.8, 4) is 5.82 Å². The summed E-state index contributed by atoms with van der Waals surface area (Å²) in [6.07, 6.45) is 10.6. The van der Waals surface area contributed by atoms with Crippen LogP contribution in [0.25, 0.3) is 11.5 Å². The Morgan fingerprint density at radius 1 is 1.25 bits per heavy atom. The van der Waals surface area contributed by atoms with Gasteiger partial charge in [-0.05, 0) is 45.4 Å². The third kappa shape index (κ3) is 3.60. The molecule has 4 aromatic rings. The molecule has 2 atom stereocenters. The molecular weight excluding hydrogens is 500 g/mol. The SMILES string of the molecule is CS[C@@](C)(O)c1cnn(-c2ncc(NC(=O)[C@H]3CC4(CCC4)c4c3cnc3cc(C)nn43)cc2Cl)n1. The van der Waals surface area contributed by atoms with Crippen molar-refractivity contribution in [1.29, 1.82) is 0 Å². The Hall–Kier alpha value is -3.02. The van der Waals surface area contributed by atoms with Crippen molar-refractivity contribution >= 4 is 40.6 Å². The van der Waals surface area contributed by atoms with E-state index in [1.807, 2.05) is 23.7 Å². The number of pyridine rings is 1. The molecule has 1 fully saturated rings. The maximum atomic E-state index is 13.5. The van der Waals surface area contributed by atoms with Crippen molar-refractivity contribution in [2.24, 2.45) is 0 Å². The van der Waals surface area contributed by atoms with Gasteiger partial charge in [0.1, 0.15) is 5.69 Å². The van der Waals surface area contributed by atoms with Crippen LogP contribution in [0.15, 0.2) is 30.7 Å². The van der Waals surface area contributed by atoms with Gasteiger partial charge in [-0.1, -0.05) is 18.0 Å². The summed E-state index contributed by atoms with van der Waals surface area (Å²) in [6.45, 7) is 3.60. The van der Waals surface area contributed by atoms with E-state index in [9.17, 15) is 9.90 Å². The molecule has 2 aliphatic rings. The number of aliphatic hydroxyl groups is 1. The van der Waals surface area contributed by atoms with Crippen molar-refractivity contribution in [1.82, 2.24) is 34.6 Å². The second-order valence-electron chi connectivity index (χ2n) is 9.73. The molecule has 36 heavy (non-hydrogen) atoms. The number of anilines is 1. The topological polar surface area (TPSA) is 123 Å². The number of aryl methyl sites for hydroxylation is 1. The van der Waals surface area contributed by atoms with E-state index >= 15 is 0 Å². The van der Waals surface area contributed by atoms with E-state index in [1.165, 1.54) is 29.0 Å². The van der Waals surface area contributed by atoms with Gasteiger partial charge in [0, 0.05) is 23.2 Å². The number of amides is 1. The first-order valence-corrected chi connectivity index (χ1v) is 13.3. The Kier molecular flexibility index (Phi) is 5.36. The summed E-state index contributed by atoms with van der Waals surface area (Å²) in [5.74, 6) is -0.145. The Balaban J connectivity index is 1.27. The molecule has 0 aliphatic heterocycles. The van der Waals surface area contributed by atoms with E-state index < -0.39 is 4.93 Å². The highest BCUT2D eigenvalue weighted by atomic mass is 35.5. The fourth-order valence-electron chi connectivity index (χ4n) is 5.28. The molecule has 0 radical (unpaired) electrons. The molecule has 2 aliphatic carbocycles. The average Bonchev–Trinajstić information content (AvgIpc) is 3.53. The van der Waals surface area contributed by atoms with Crippen LogP contribution in [0.1, 0.15) is 61.2 Å². The zero-order valence-electron chi connectivity index (χ0n) is 20.1. The summed E-state index contributed by atoms with van der Waals surface area (Å²) in [6, 6.07) is 3.60. The van der Waals surface area contributed by atoms with Gasteiger partial charge >= 0.3 is 0 Å². The Labute approximate surface area is 216 Å². The van der Waals surface area contributed by atoms with Crippen molar-refractivity contribution < 1.29 is 9.90 Å². The number of carbonyl (C=O) groups excluding carboxylic acids is 1. The summed E-state index contributed by atoms with van der Waals surface area (Å²) >= 11 is 7.73. The van der Waals surface area contributed by atoms with Crippen molar-refractivity contribution in [2.45, 2.75) is 55.8 Å². The van der Waals surface area contributed by atoms with Crippen LogP contribution in [0.5, 0.6) is 0 Å². The van der Waals surface area contributed by atoms with Crippen LogP contribution in [0.3, 0.4) is 0 Å². The van der Waals surface area contributed by atoms with E-state index in [4.69, 9.17) is 11.6 Å². The lowest BCUT2D eigenvalue weighted by molar-refractivity contribution is -0.117. The van der Waals surface area contributed by atoms with Crippen molar-refractivity contribution in [2.75, 3.05) is 11.6 Å². The van der Waals surface area contributed by atoms with E-state index in [0.29, 0.717) is 17.2 Å². The number of nitrogens with one attached hydrogen (secondary N) is 1. The highest BCUT2D eigenvalue weighted by Crippen LogP contribution is 2.56. The number of hydrogen-bond donors (Lipinski definition) is 2. The molecule has 0 saturated heterocycles. The number of halogens is 1. The largest absolute Gasteiger partial charge is 0.374 e. The predicted octanol–water partition coefficient (Wildman–Crippen LogP) is 3.74. The molecule has 0 bridgehead atoms. The molecule has 0 unspecified atom stereocenters. The lowest BCUT2D eigenvalue weighted by Gasteiger charge is -2.39. The molecule has 1 saturated carbocycles. The number of hydrogen-bond acceptors (Lipinski definition) is 8. The van der Waals surface area contributed by atoms with E-state index in [2.05, 4.69) is 30.6 Å². The van der Waals surface area contributed by atoms with Crippen LogP contribution in [0, 0.1) is 6.92 Å². The molecule has 1 spiro atoms. The average molecular weight is 525 g/mol. The molecule has 6 rings (SSSR count). The molecule has 10 nitrogen and oxygen atoms in total. The lowest BCUT2D eigenvalue weighted by atomic mass is 9.66. The fourth-order valence-corrected chi connectivity index (χ4v) is 5.83. The summed E-state index contributed by atoms with van der Waals surface area (Å²) < 4.78 is 1.93. The molecular formula is C24H25ClN8O2S. The van der Waals surface area contributed by atoms with Gasteiger partial charge < -0.3 is 10.4 Å². The van der Waals surface area contributed by atoms with Gasteiger partial charge in [0.2, 0.25) is 5.91 Å². The minimum Gasteiger partial charge on any atom is -0.374 e. The number of fused-ring (bicyclic) bond motifs is 4. The van der Waals surface area contributed by atoms with Gasteiger partial charge in [0.05, 0.1) is 40.4 Å². The minimum absolute atomic E-state index is 0.0296. The molecule has 2 N–H and O–H groups in total. The first-order chi connectivity index (χ1) is 17.2.